The van der Waals surface area contributed by atoms with E-state index in [9.17, 15) is 9.59 Å². The molecule has 1 amide bonds. The first-order valence-electron chi connectivity index (χ1n) is 14.6. The normalized spacial score (nSPS) is 14.6. The molecule has 1 atom stereocenters. The number of carbonyl (C=O) groups excluding carboxylic acids is 1. The van der Waals surface area contributed by atoms with E-state index in [-0.39, 0.29) is 11.5 Å². The van der Waals surface area contributed by atoms with Gasteiger partial charge in [0.25, 0.3) is 11.5 Å². The number of fused-ring (bicyclic) bond motifs is 2. The summed E-state index contributed by atoms with van der Waals surface area (Å²) in [6.45, 7) is 6.24. The van der Waals surface area contributed by atoms with Crippen molar-refractivity contribution in [1.82, 2.24) is 4.57 Å². The molecule has 0 fully saturated rings. The average molecular weight is 620 g/mol. The molecule has 6 rings (SSSR count). The van der Waals surface area contributed by atoms with Crippen LogP contribution >= 0.6 is 11.3 Å². The van der Waals surface area contributed by atoms with E-state index in [0.717, 1.165) is 27.6 Å². The molecule has 9 heteroatoms. The summed E-state index contributed by atoms with van der Waals surface area (Å²) in [4.78, 5) is 33.6. The number of anilines is 1. The molecule has 1 aromatic heterocycles. The van der Waals surface area contributed by atoms with Gasteiger partial charge in [0.1, 0.15) is 5.75 Å². The van der Waals surface area contributed by atoms with Gasteiger partial charge in [-0.3, -0.25) is 14.2 Å². The number of rotatable bonds is 8. The Balaban J connectivity index is 1.54. The van der Waals surface area contributed by atoms with Gasteiger partial charge in [-0.1, -0.05) is 65.9 Å². The van der Waals surface area contributed by atoms with Gasteiger partial charge in [-0.15, -0.1) is 0 Å². The number of para-hydroxylation sites is 1. The van der Waals surface area contributed by atoms with Crippen LogP contribution in [0.1, 0.15) is 36.6 Å². The second-order valence-electron chi connectivity index (χ2n) is 10.6. The third-order valence-electron chi connectivity index (χ3n) is 7.89. The summed E-state index contributed by atoms with van der Waals surface area (Å²) in [5.74, 6) is 1.49. The maximum Gasteiger partial charge on any atom is 0.271 e. The number of methoxy groups -OCH3 is 2. The van der Waals surface area contributed by atoms with E-state index in [1.807, 2.05) is 86.7 Å². The molecule has 0 saturated carbocycles. The van der Waals surface area contributed by atoms with Crippen LogP contribution in [0, 0.1) is 6.92 Å². The van der Waals surface area contributed by atoms with Gasteiger partial charge in [-0.2, -0.15) is 0 Å². The first kappa shape index (κ1) is 29.9. The molecule has 1 N–H and O–H groups in total. The van der Waals surface area contributed by atoms with Gasteiger partial charge < -0.3 is 19.5 Å². The van der Waals surface area contributed by atoms with Crippen LogP contribution in [0.5, 0.6) is 17.2 Å². The van der Waals surface area contributed by atoms with E-state index in [2.05, 4.69) is 5.32 Å². The summed E-state index contributed by atoms with van der Waals surface area (Å²) < 4.78 is 19.0. The van der Waals surface area contributed by atoms with E-state index in [1.54, 1.807) is 37.8 Å². The zero-order valence-electron chi connectivity index (χ0n) is 25.7. The molecule has 8 nitrogen and oxygen atoms in total. The molecule has 0 aliphatic carbocycles. The standard InChI is InChI=1S/C36H33N3O5S/c1-6-44-28-17-15-23(25-12-8-9-13-26(25)28)20-31-35(41)39-33(24-16-18-29(42-4)30(19-24)43-5)32(22(3)37-36(39)45-31)34(40)38-27-14-10-7-11-21(27)2/h7-20,33H,6H2,1-5H3,(H,38,40)/b31-20-/t33-/m1/s1. The highest BCUT2D eigenvalue weighted by atomic mass is 32.1. The molecule has 0 unspecified atom stereocenters. The first-order valence-corrected chi connectivity index (χ1v) is 15.4. The molecule has 4 aromatic carbocycles. The van der Waals surface area contributed by atoms with Gasteiger partial charge in [0.05, 0.1) is 42.7 Å². The Hall–Kier alpha value is -5.15. The van der Waals surface area contributed by atoms with Crippen molar-refractivity contribution in [1.29, 1.82) is 0 Å². The number of aryl methyl sites for hydroxylation is 1. The highest BCUT2D eigenvalue weighted by molar-refractivity contribution is 7.07. The van der Waals surface area contributed by atoms with Crippen molar-refractivity contribution in [3.63, 3.8) is 0 Å². The zero-order valence-corrected chi connectivity index (χ0v) is 26.5. The van der Waals surface area contributed by atoms with Gasteiger partial charge in [-0.25, -0.2) is 4.99 Å². The smallest absolute Gasteiger partial charge is 0.271 e. The van der Waals surface area contributed by atoms with Crippen LogP contribution < -0.4 is 34.4 Å². The van der Waals surface area contributed by atoms with E-state index >= 15 is 0 Å². The third kappa shape index (κ3) is 5.51. The van der Waals surface area contributed by atoms with E-state index in [0.29, 0.717) is 50.0 Å². The predicted molar refractivity (Wildman–Crippen MR) is 178 cm³/mol. The number of ether oxygens (including phenoxy) is 3. The minimum atomic E-state index is -0.760. The minimum absolute atomic E-state index is 0.245. The quantitative estimate of drug-likeness (QED) is 0.239. The number of nitrogens with one attached hydrogen (secondary N) is 1. The van der Waals surface area contributed by atoms with Crippen LogP contribution in [0.2, 0.25) is 0 Å². The fourth-order valence-electron chi connectivity index (χ4n) is 5.70. The lowest BCUT2D eigenvalue weighted by Crippen LogP contribution is -2.40. The Morgan fingerprint density at radius 1 is 0.933 bits per heavy atom. The Kier molecular flexibility index (Phi) is 8.28. The average Bonchev–Trinajstić information content (AvgIpc) is 3.35. The molecular weight excluding hydrogens is 586 g/mol. The second kappa shape index (κ2) is 12.5. The Bertz CT molecular complexity index is 2160. The van der Waals surface area contributed by atoms with Crippen molar-refractivity contribution in [3.8, 4) is 17.2 Å². The number of hydrogen-bond donors (Lipinski definition) is 1. The van der Waals surface area contributed by atoms with Crippen LogP contribution in [0.25, 0.3) is 16.8 Å². The fraction of sp³-hybridized carbons (Fsp3) is 0.194. The molecule has 228 valence electrons. The van der Waals surface area contributed by atoms with Crippen LogP contribution in [0.15, 0.2) is 99.9 Å². The lowest BCUT2D eigenvalue weighted by Gasteiger charge is -2.26. The summed E-state index contributed by atoms with van der Waals surface area (Å²) >= 11 is 1.29. The molecule has 45 heavy (non-hydrogen) atoms. The van der Waals surface area contributed by atoms with E-state index < -0.39 is 6.04 Å². The Morgan fingerprint density at radius 3 is 2.38 bits per heavy atom. The number of hydrogen-bond acceptors (Lipinski definition) is 7. The number of amides is 1. The minimum Gasteiger partial charge on any atom is -0.493 e. The van der Waals surface area contributed by atoms with Crippen LogP contribution in [0.4, 0.5) is 5.69 Å². The predicted octanol–water partition coefficient (Wildman–Crippen LogP) is 5.75. The molecule has 0 radical (unpaired) electrons. The summed E-state index contributed by atoms with van der Waals surface area (Å²) in [5, 5.41) is 4.99. The van der Waals surface area contributed by atoms with Crippen molar-refractivity contribution in [2.24, 2.45) is 4.99 Å². The fourth-order valence-corrected chi connectivity index (χ4v) is 6.73. The zero-order chi connectivity index (χ0) is 31.7. The molecule has 1 aliphatic heterocycles. The highest BCUT2D eigenvalue weighted by Gasteiger charge is 2.33. The number of carbonyl (C=O) groups is 1. The summed E-state index contributed by atoms with van der Waals surface area (Å²) in [6, 6.07) is 24.1. The largest absolute Gasteiger partial charge is 0.493 e. The number of thiazole rings is 1. The Labute approximate surface area is 264 Å². The second-order valence-corrected chi connectivity index (χ2v) is 11.6. The Morgan fingerprint density at radius 2 is 1.64 bits per heavy atom. The third-order valence-corrected chi connectivity index (χ3v) is 8.87. The number of allylic oxidation sites excluding steroid dienone is 1. The summed E-state index contributed by atoms with van der Waals surface area (Å²) in [6.07, 6.45) is 1.89. The van der Waals surface area contributed by atoms with Crippen molar-refractivity contribution in [3.05, 3.63) is 127 Å². The van der Waals surface area contributed by atoms with Crippen molar-refractivity contribution >= 4 is 39.8 Å². The highest BCUT2D eigenvalue weighted by Crippen LogP contribution is 2.36. The maximum atomic E-state index is 14.3. The van der Waals surface area contributed by atoms with Crippen LogP contribution in [0.3, 0.4) is 0 Å². The molecule has 2 heterocycles. The van der Waals surface area contributed by atoms with Gasteiger partial charge in [0, 0.05) is 11.1 Å². The lowest BCUT2D eigenvalue weighted by atomic mass is 9.94. The van der Waals surface area contributed by atoms with Gasteiger partial charge in [0.15, 0.2) is 16.3 Å². The summed E-state index contributed by atoms with van der Waals surface area (Å²) in [7, 11) is 3.12. The first-order chi connectivity index (χ1) is 21.8. The SMILES string of the molecule is CCOc1ccc(/C=c2\sc3n(c2=O)[C@H](c2ccc(OC)c(OC)c2)C(C(=O)Nc2ccccc2C)=C(C)N=3)c2ccccc12. The molecule has 0 bridgehead atoms. The molecular formula is C36H33N3O5S. The lowest BCUT2D eigenvalue weighted by molar-refractivity contribution is -0.113. The van der Waals surface area contributed by atoms with E-state index in [1.165, 1.54) is 11.3 Å². The van der Waals surface area contributed by atoms with Gasteiger partial charge >= 0.3 is 0 Å². The van der Waals surface area contributed by atoms with Crippen LogP contribution in [-0.4, -0.2) is 31.3 Å². The molecule has 0 saturated heterocycles. The monoisotopic (exact) mass is 619 g/mol. The number of benzene rings is 4. The molecule has 1 aliphatic rings. The summed E-state index contributed by atoms with van der Waals surface area (Å²) in [5.41, 5.74) is 3.84. The molecule has 5 aromatic rings. The van der Waals surface area contributed by atoms with Gasteiger partial charge in [-0.05, 0) is 73.2 Å². The van der Waals surface area contributed by atoms with Crippen LogP contribution in [-0.2, 0) is 4.79 Å². The van der Waals surface area contributed by atoms with Crippen molar-refractivity contribution in [2.45, 2.75) is 26.8 Å². The van der Waals surface area contributed by atoms with Gasteiger partial charge in [0.2, 0.25) is 0 Å². The maximum absolute atomic E-state index is 14.3. The molecule has 0 spiro atoms. The van der Waals surface area contributed by atoms with Crippen molar-refractivity contribution < 1.29 is 19.0 Å². The topological polar surface area (TPSA) is 91.1 Å². The van der Waals surface area contributed by atoms with E-state index in [4.69, 9.17) is 19.2 Å². The van der Waals surface area contributed by atoms with Crippen molar-refractivity contribution in [2.75, 3.05) is 26.1 Å². The number of nitrogens with zero attached hydrogens (tertiary/aromatic N) is 2. The number of aromatic nitrogens is 1.